The first-order valence-corrected chi connectivity index (χ1v) is 12.9. The lowest BCUT2D eigenvalue weighted by molar-refractivity contribution is -0.120. The van der Waals surface area contributed by atoms with E-state index in [4.69, 9.17) is 14.2 Å². The average molecular weight is 610 g/mol. The third-order valence-electron chi connectivity index (χ3n) is 5.65. The second-order valence-corrected chi connectivity index (χ2v) is 9.90. The predicted octanol–water partition coefficient (Wildman–Crippen LogP) is 6.41. The first-order valence-electron chi connectivity index (χ1n) is 11.4. The normalized spacial score (nSPS) is 12.6. The highest BCUT2D eigenvalue weighted by Crippen LogP contribution is 2.35. The van der Waals surface area contributed by atoms with Gasteiger partial charge in [0.2, 0.25) is 5.91 Å². The molecule has 0 aromatic heterocycles. The smallest absolute Gasteiger partial charge is 0.244 e. The van der Waals surface area contributed by atoms with Gasteiger partial charge in [0.25, 0.3) is 0 Å². The van der Waals surface area contributed by atoms with Crippen molar-refractivity contribution in [2.24, 2.45) is 5.10 Å². The fourth-order valence-electron chi connectivity index (χ4n) is 3.96. The Morgan fingerprint density at radius 1 is 0.944 bits per heavy atom. The molecule has 0 atom stereocenters. The zero-order chi connectivity index (χ0) is 24.9. The van der Waals surface area contributed by atoms with Crippen molar-refractivity contribution < 1.29 is 19.0 Å². The molecule has 8 heteroatoms. The van der Waals surface area contributed by atoms with Crippen LogP contribution < -0.4 is 19.6 Å². The molecule has 0 radical (unpaired) electrons. The molecule has 1 heterocycles. The number of nitrogens with one attached hydrogen (secondary N) is 1. The topological polar surface area (TPSA) is 69.2 Å². The molecule has 0 bridgehead atoms. The molecule has 4 aromatic carbocycles. The average Bonchev–Trinajstić information content (AvgIpc) is 2.88. The number of nitrogens with zero attached hydrogens (tertiary/aromatic N) is 1. The van der Waals surface area contributed by atoms with Crippen LogP contribution in [0.5, 0.6) is 17.2 Å². The van der Waals surface area contributed by atoms with Crippen LogP contribution in [0.15, 0.2) is 86.8 Å². The maximum atomic E-state index is 12.3. The summed E-state index contributed by atoms with van der Waals surface area (Å²) in [4.78, 5) is 12.3. The van der Waals surface area contributed by atoms with Crippen molar-refractivity contribution in [1.29, 1.82) is 0 Å². The third kappa shape index (κ3) is 5.71. The highest BCUT2D eigenvalue weighted by Gasteiger charge is 2.13. The molecule has 182 valence electrons. The molecule has 36 heavy (non-hydrogen) atoms. The molecule has 5 rings (SSSR count). The summed E-state index contributed by atoms with van der Waals surface area (Å²) in [5.74, 6) is 1.83. The van der Waals surface area contributed by atoms with E-state index in [1.807, 2.05) is 48.5 Å². The molecule has 0 aliphatic carbocycles. The number of carbonyl (C=O) groups excluding carboxylic acids is 1. The lowest BCUT2D eigenvalue weighted by atomic mass is 10.1. The number of hydrogen-bond acceptors (Lipinski definition) is 5. The van der Waals surface area contributed by atoms with Gasteiger partial charge >= 0.3 is 0 Å². The predicted molar refractivity (Wildman–Crippen MR) is 147 cm³/mol. The Kier molecular flexibility index (Phi) is 7.53. The van der Waals surface area contributed by atoms with Gasteiger partial charge in [-0.05, 0) is 83.6 Å². The van der Waals surface area contributed by atoms with Gasteiger partial charge in [0.15, 0.2) is 11.5 Å². The quantitative estimate of drug-likeness (QED) is 0.194. The molecular formula is C28H22Br2N2O4. The van der Waals surface area contributed by atoms with Crippen LogP contribution in [-0.4, -0.2) is 25.3 Å². The molecule has 0 saturated heterocycles. The summed E-state index contributed by atoms with van der Waals surface area (Å²) < 4.78 is 18.8. The van der Waals surface area contributed by atoms with E-state index >= 15 is 0 Å². The van der Waals surface area contributed by atoms with E-state index in [-0.39, 0.29) is 12.3 Å². The number of rotatable bonds is 7. The van der Waals surface area contributed by atoms with Crippen molar-refractivity contribution in [3.05, 3.63) is 98.4 Å². The summed E-state index contributed by atoms with van der Waals surface area (Å²) in [6.07, 6.45) is 1.77. The molecule has 1 amide bonds. The first-order chi connectivity index (χ1) is 17.6. The fourth-order valence-corrected chi connectivity index (χ4v) is 5.41. The molecule has 6 nitrogen and oxygen atoms in total. The van der Waals surface area contributed by atoms with Crippen molar-refractivity contribution in [3.8, 4) is 17.2 Å². The van der Waals surface area contributed by atoms with E-state index < -0.39 is 0 Å². The Balaban J connectivity index is 1.20. The highest BCUT2D eigenvalue weighted by molar-refractivity contribution is 9.11. The summed E-state index contributed by atoms with van der Waals surface area (Å²) in [6.45, 7) is 1.47. The number of amides is 1. The molecule has 4 aromatic rings. The molecule has 0 spiro atoms. The van der Waals surface area contributed by atoms with Crippen LogP contribution in [0.25, 0.3) is 10.8 Å². The minimum Gasteiger partial charge on any atom is -0.487 e. The van der Waals surface area contributed by atoms with Crippen LogP contribution >= 0.6 is 31.9 Å². The number of hydrogen-bond donors (Lipinski definition) is 1. The van der Waals surface area contributed by atoms with Crippen LogP contribution in [-0.2, 0) is 17.8 Å². The van der Waals surface area contributed by atoms with Gasteiger partial charge in [0.05, 0.1) is 21.6 Å². The molecule has 1 aliphatic rings. The largest absolute Gasteiger partial charge is 0.487 e. The number of carbonyl (C=O) groups is 1. The van der Waals surface area contributed by atoms with Crippen molar-refractivity contribution in [1.82, 2.24) is 5.43 Å². The van der Waals surface area contributed by atoms with E-state index in [2.05, 4.69) is 66.7 Å². The first kappa shape index (κ1) is 24.3. The van der Waals surface area contributed by atoms with Crippen LogP contribution in [0, 0.1) is 0 Å². The van der Waals surface area contributed by atoms with Gasteiger partial charge in [-0.3, -0.25) is 4.79 Å². The Bertz CT molecular complexity index is 1430. The zero-order valence-electron chi connectivity index (χ0n) is 19.2. The van der Waals surface area contributed by atoms with E-state index in [9.17, 15) is 4.79 Å². The Morgan fingerprint density at radius 3 is 2.53 bits per heavy atom. The number of ether oxygens (including phenoxy) is 3. The number of benzene rings is 4. The van der Waals surface area contributed by atoms with Crippen LogP contribution in [0.1, 0.15) is 16.7 Å². The second kappa shape index (κ2) is 11.1. The lowest BCUT2D eigenvalue weighted by Crippen LogP contribution is -2.20. The van der Waals surface area contributed by atoms with Crippen molar-refractivity contribution in [2.45, 2.75) is 13.0 Å². The second-order valence-electron chi connectivity index (χ2n) is 8.19. The SMILES string of the molecule is O=C(Cc1ccc2c(c1)OCCO2)N/N=C/c1cc(Br)c(OCc2cccc3ccccc23)c(Br)c1. The van der Waals surface area contributed by atoms with Crippen LogP contribution in [0.3, 0.4) is 0 Å². The standard InChI is InChI=1S/C28H22Br2N2O4/c29-23-12-19(16-31-32-27(33)15-18-8-9-25-26(14-18)35-11-10-34-25)13-24(30)28(23)36-17-21-6-3-5-20-4-1-2-7-22(20)21/h1-9,12-14,16H,10-11,15,17H2,(H,32,33)/b31-16+. The van der Waals surface area contributed by atoms with Gasteiger partial charge in [-0.1, -0.05) is 48.5 Å². The van der Waals surface area contributed by atoms with Crippen molar-refractivity contribution in [3.63, 3.8) is 0 Å². The Labute approximate surface area is 225 Å². The maximum Gasteiger partial charge on any atom is 0.244 e. The van der Waals surface area contributed by atoms with Gasteiger partial charge in [-0.2, -0.15) is 5.10 Å². The van der Waals surface area contributed by atoms with E-state index in [0.717, 1.165) is 25.6 Å². The highest BCUT2D eigenvalue weighted by atomic mass is 79.9. The number of fused-ring (bicyclic) bond motifs is 2. The molecular weight excluding hydrogens is 588 g/mol. The monoisotopic (exact) mass is 608 g/mol. The minimum absolute atomic E-state index is 0.183. The molecule has 1 aliphatic heterocycles. The molecule has 0 unspecified atom stereocenters. The fraction of sp³-hybridized carbons (Fsp3) is 0.143. The van der Waals surface area contributed by atoms with Crippen molar-refractivity contribution >= 4 is 54.8 Å². The number of hydrazone groups is 1. The van der Waals surface area contributed by atoms with Gasteiger partial charge in [-0.15, -0.1) is 0 Å². The summed E-state index contributed by atoms with van der Waals surface area (Å²) >= 11 is 7.18. The van der Waals surface area contributed by atoms with Crippen LogP contribution in [0.4, 0.5) is 0 Å². The third-order valence-corrected chi connectivity index (χ3v) is 6.82. The summed E-state index contributed by atoms with van der Waals surface area (Å²) in [5, 5.41) is 6.45. The van der Waals surface area contributed by atoms with Crippen LogP contribution in [0.2, 0.25) is 0 Å². The zero-order valence-corrected chi connectivity index (χ0v) is 22.3. The lowest BCUT2D eigenvalue weighted by Gasteiger charge is -2.18. The summed E-state index contributed by atoms with van der Waals surface area (Å²) in [7, 11) is 0. The Morgan fingerprint density at radius 2 is 1.69 bits per heavy atom. The molecule has 0 saturated carbocycles. The van der Waals surface area contributed by atoms with E-state index in [1.165, 1.54) is 10.8 Å². The van der Waals surface area contributed by atoms with E-state index in [1.54, 1.807) is 6.21 Å². The van der Waals surface area contributed by atoms with Gasteiger partial charge < -0.3 is 14.2 Å². The Hall–Kier alpha value is -3.36. The maximum absolute atomic E-state index is 12.3. The van der Waals surface area contributed by atoms with E-state index in [0.29, 0.717) is 37.1 Å². The van der Waals surface area contributed by atoms with Crippen molar-refractivity contribution in [2.75, 3.05) is 13.2 Å². The molecule has 1 N–H and O–H groups in total. The van der Waals surface area contributed by atoms with Gasteiger partial charge in [0.1, 0.15) is 25.6 Å². The summed E-state index contributed by atoms with van der Waals surface area (Å²) in [5.41, 5.74) is 5.30. The number of halogens is 2. The minimum atomic E-state index is -0.226. The van der Waals surface area contributed by atoms with Gasteiger partial charge in [-0.25, -0.2) is 5.43 Å². The summed E-state index contributed by atoms with van der Waals surface area (Å²) in [6, 6.07) is 23.7. The van der Waals surface area contributed by atoms with Gasteiger partial charge in [0, 0.05) is 0 Å². The molecule has 0 fully saturated rings.